The van der Waals surface area contributed by atoms with E-state index in [1.165, 1.54) is 30.0 Å². The number of allylic oxidation sites excluding steroid dienone is 2. The Kier molecular flexibility index (Phi) is 6.16. The van der Waals surface area contributed by atoms with Gasteiger partial charge in [-0.2, -0.15) is 0 Å². The van der Waals surface area contributed by atoms with Crippen LogP contribution in [0, 0.1) is 0 Å². The molecule has 0 nitrogen and oxygen atoms in total. The van der Waals surface area contributed by atoms with Crippen LogP contribution in [0.1, 0.15) is 52.6 Å². The molecule has 2 heteroatoms. The lowest BCUT2D eigenvalue weighted by Crippen LogP contribution is -2.41. The van der Waals surface area contributed by atoms with Crippen molar-refractivity contribution in [2.75, 3.05) is 0 Å². The summed E-state index contributed by atoms with van der Waals surface area (Å²) >= 11 is 0. The molecule has 0 fully saturated rings. The fourth-order valence-corrected chi connectivity index (χ4v) is 14.0. The van der Waals surface area contributed by atoms with Gasteiger partial charge in [0, 0.05) is 5.54 Å². The third-order valence-electron chi connectivity index (χ3n) is 8.49. The van der Waals surface area contributed by atoms with Crippen molar-refractivity contribution in [1.82, 2.24) is 0 Å². The predicted octanol–water partition coefficient (Wildman–Crippen LogP) is 9.37. The van der Waals surface area contributed by atoms with Gasteiger partial charge in [-0.15, -0.1) is 6.58 Å². The summed E-state index contributed by atoms with van der Waals surface area (Å²) in [7, 11) is -3.35. The van der Waals surface area contributed by atoms with Crippen molar-refractivity contribution < 1.29 is 0 Å². The Bertz CT molecular complexity index is 1200. The van der Waals surface area contributed by atoms with Crippen molar-refractivity contribution in [3.63, 3.8) is 0 Å². The summed E-state index contributed by atoms with van der Waals surface area (Å²) in [4.78, 5) is 0. The lowest BCUT2D eigenvalue weighted by Gasteiger charge is -2.37. The third-order valence-corrected chi connectivity index (χ3v) is 16.2. The number of rotatable bonds is 8. The fraction of sp³-hybridized carbons (Fsp3) is 0.312. The van der Waals surface area contributed by atoms with Gasteiger partial charge in [-0.1, -0.05) is 135 Å². The van der Waals surface area contributed by atoms with Crippen LogP contribution in [0.3, 0.4) is 0 Å². The zero-order valence-electron chi connectivity index (χ0n) is 21.3. The largest absolute Gasteiger partial charge is 0.103 e. The van der Waals surface area contributed by atoms with Crippen LogP contribution in [0.15, 0.2) is 91.5 Å². The summed E-state index contributed by atoms with van der Waals surface area (Å²) in [6.07, 6.45) is 8.57. The molecular weight excluding hydrogens is 441 g/mol. The maximum atomic E-state index is 3.91. The topological polar surface area (TPSA) is 0 Å². The number of hydrogen-bond donors (Lipinski definition) is 0. The summed E-state index contributed by atoms with van der Waals surface area (Å²) in [6.45, 7) is 14.4. The van der Waals surface area contributed by atoms with E-state index < -0.39 is 16.1 Å². The molecule has 3 aromatic rings. The SMILES string of the molecule is C=CCCCC[Si](C)(C)C1=CC([Si](C)(C)C2c3ccccc3-c3ccccc32)c2ccccc21. The molecule has 0 heterocycles. The normalized spacial score (nSPS) is 17.2. The molecule has 0 aromatic heterocycles. The lowest BCUT2D eigenvalue weighted by atomic mass is 10.1. The predicted molar refractivity (Wildman–Crippen MR) is 155 cm³/mol. The number of unbranched alkanes of at least 4 members (excludes halogenated alkanes) is 2. The number of benzene rings is 3. The average molecular weight is 479 g/mol. The second kappa shape index (κ2) is 8.98. The Morgan fingerprint density at radius 1 is 0.706 bits per heavy atom. The summed E-state index contributed by atoms with van der Waals surface area (Å²) in [5.74, 6) is 0. The van der Waals surface area contributed by atoms with Gasteiger partial charge in [0.2, 0.25) is 0 Å². The molecule has 2 aliphatic rings. The van der Waals surface area contributed by atoms with Gasteiger partial charge < -0.3 is 0 Å². The molecule has 0 amide bonds. The highest BCUT2D eigenvalue weighted by Crippen LogP contribution is 2.55. The molecule has 0 aliphatic heterocycles. The van der Waals surface area contributed by atoms with E-state index in [2.05, 4.69) is 118 Å². The molecule has 174 valence electrons. The molecular formula is C32H38Si2. The summed E-state index contributed by atoms with van der Waals surface area (Å²) in [5.41, 5.74) is 10.3. The first kappa shape index (κ1) is 23.3. The Morgan fingerprint density at radius 3 is 1.82 bits per heavy atom. The van der Waals surface area contributed by atoms with E-state index in [1.54, 1.807) is 27.5 Å². The van der Waals surface area contributed by atoms with E-state index in [4.69, 9.17) is 0 Å². The van der Waals surface area contributed by atoms with E-state index in [0.717, 1.165) is 6.42 Å². The third kappa shape index (κ3) is 3.81. The molecule has 0 N–H and O–H groups in total. The molecule has 0 saturated heterocycles. The highest BCUT2D eigenvalue weighted by atomic mass is 28.3. The molecule has 1 atom stereocenters. The summed E-state index contributed by atoms with van der Waals surface area (Å²) < 4.78 is 0. The van der Waals surface area contributed by atoms with Gasteiger partial charge in [-0.25, -0.2) is 0 Å². The van der Waals surface area contributed by atoms with E-state index in [0.29, 0.717) is 11.1 Å². The minimum atomic E-state index is -1.82. The van der Waals surface area contributed by atoms with Crippen LogP contribution in [0.4, 0.5) is 0 Å². The monoisotopic (exact) mass is 478 g/mol. The van der Waals surface area contributed by atoms with Crippen LogP contribution in [-0.2, 0) is 0 Å². The minimum Gasteiger partial charge on any atom is -0.103 e. The Morgan fingerprint density at radius 2 is 1.24 bits per heavy atom. The summed E-state index contributed by atoms with van der Waals surface area (Å²) in [6, 6.07) is 29.1. The van der Waals surface area contributed by atoms with Crippen molar-refractivity contribution >= 4 is 21.3 Å². The molecule has 34 heavy (non-hydrogen) atoms. The molecule has 5 rings (SSSR count). The zero-order valence-corrected chi connectivity index (χ0v) is 23.3. The van der Waals surface area contributed by atoms with Crippen molar-refractivity contribution in [2.45, 2.75) is 62.6 Å². The van der Waals surface area contributed by atoms with Gasteiger partial charge in [0.1, 0.15) is 0 Å². The first-order chi connectivity index (χ1) is 16.4. The van der Waals surface area contributed by atoms with Gasteiger partial charge in [0.15, 0.2) is 0 Å². The molecule has 3 aromatic carbocycles. The van der Waals surface area contributed by atoms with E-state index in [1.807, 2.05) is 0 Å². The van der Waals surface area contributed by atoms with Crippen molar-refractivity contribution in [3.05, 3.63) is 114 Å². The first-order valence-corrected chi connectivity index (χ1v) is 19.3. The second-order valence-electron chi connectivity index (χ2n) is 11.5. The van der Waals surface area contributed by atoms with Crippen LogP contribution in [0.2, 0.25) is 32.2 Å². The van der Waals surface area contributed by atoms with Crippen molar-refractivity contribution in [1.29, 1.82) is 0 Å². The van der Waals surface area contributed by atoms with Gasteiger partial charge in [0.25, 0.3) is 0 Å². The zero-order chi connectivity index (χ0) is 23.9. The molecule has 0 bridgehead atoms. The number of hydrogen-bond acceptors (Lipinski definition) is 0. The van der Waals surface area contributed by atoms with Crippen LogP contribution >= 0.6 is 0 Å². The quantitative estimate of drug-likeness (QED) is 0.172. The van der Waals surface area contributed by atoms with Gasteiger partial charge >= 0.3 is 0 Å². The van der Waals surface area contributed by atoms with E-state index in [-0.39, 0.29) is 0 Å². The van der Waals surface area contributed by atoms with Crippen LogP contribution < -0.4 is 0 Å². The maximum Gasteiger partial charge on any atom is 0.0810 e. The van der Waals surface area contributed by atoms with Crippen LogP contribution in [0.5, 0.6) is 0 Å². The first-order valence-electron chi connectivity index (χ1n) is 13.0. The standard InChI is InChI=1S/C32H38Si2/c1-6-7-8-15-22-33(2,3)30-23-31(27-19-12-11-18-26(27)30)34(4,5)32-28-20-13-9-16-24(28)25-17-10-14-21-29(25)32/h6,9-14,16-21,23,31-32H,1,7-8,15,22H2,2-5H3. The van der Waals surface area contributed by atoms with E-state index in [9.17, 15) is 0 Å². The smallest absolute Gasteiger partial charge is 0.0810 e. The number of fused-ring (bicyclic) bond motifs is 4. The van der Waals surface area contributed by atoms with Gasteiger partial charge in [-0.05, 0) is 45.3 Å². The summed E-state index contributed by atoms with van der Waals surface area (Å²) in [5, 5.41) is 1.71. The second-order valence-corrected chi connectivity index (χ2v) is 21.1. The molecule has 0 spiro atoms. The van der Waals surface area contributed by atoms with Crippen LogP contribution in [-0.4, -0.2) is 16.1 Å². The van der Waals surface area contributed by atoms with Crippen LogP contribution in [0.25, 0.3) is 16.3 Å². The van der Waals surface area contributed by atoms with Gasteiger partial charge in [0.05, 0.1) is 16.1 Å². The highest BCUT2D eigenvalue weighted by Gasteiger charge is 2.48. The van der Waals surface area contributed by atoms with Crippen molar-refractivity contribution in [3.8, 4) is 11.1 Å². The maximum absolute atomic E-state index is 3.91. The molecule has 0 saturated carbocycles. The highest BCUT2D eigenvalue weighted by molar-refractivity contribution is 6.95. The van der Waals surface area contributed by atoms with E-state index >= 15 is 0 Å². The molecule has 1 unspecified atom stereocenters. The Balaban J connectivity index is 1.57. The molecule has 0 radical (unpaired) electrons. The Labute approximate surface area is 208 Å². The van der Waals surface area contributed by atoms with Crippen molar-refractivity contribution in [2.24, 2.45) is 0 Å². The lowest BCUT2D eigenvalue weighted by molar-refractivity contribution is 0.806. The molecule has 2 aliphatic carbocycles. The van der Waals surface area contributed by atoms with Gasteiger partial charge in [-0.3, -0.25) is 0 Å². The fourth-order valence-electron chi connectivity index (χ4n) is 6.69. The Hall–Kier alpha value is -2.43. The average Bonchev–Trinajstić information content (AvgIpc) is 3.40. The minimum absolute atomic E-state index is 0.533.